The highest BCUT2D eigenvalue weighted by atomic mass is 16.6. The van der Waals surface area contributed by atoms with Gasteiger partial charge in [-0.25, -0.2) is 0 Å². The lowest BCUT2D eigenvalue weighted by Crippen LogP contribution is -2.69. The van der Waals surface area contributed by atoms with Crippen molar-refractivity contribution in [1.82, 2.24) is 0 Å². The maximum Gasteiger partial charge on any atom is 0.322 e. The van der Waals surface area contributed by atoms with Crippen LogP contribution in [0, 0.1) is 28.6 Å². The zero-order valence-corrected chi connectivity index (χ0v) is 13.8. The largest absolute Gasteiger partial charge is 0.480 e. The summed E-state index contributed by atoms with van der Waals surface area (Å²) < 4.78 is 5.51. The Hall–Kier alpha value is -1.59. The van der Waals surface area contributed by atoms with Crippen molar-refractivity contribution < 1.29 is 29.3 Å². The van der Waals surface area contributed by atoms with Crippen molar-refractivity contribution in [2.24, 2.45) is 28.6 Å². The molecular formula is C17H24O6. The molecule has 0 spiro atoms. The minimum Gasteiger partial charge on any atom is -0.480 e. The summed E-state index contributed by atoms with van der Waals surface area (Å²) in [5, 5.41) is 19.8. The summed E-state index contributed by atoms with van der Waals surface area (Å²) in [5.41, 5.74) is -4.27. The molecule has 128 valence electrons. The van der Waals surface area contributed by atoms with E-state index in [-0.39, 0.29) is 11.8 Å². The van der Waals surface area contributed by atoms with Gasteiger partial charge in [-0.2, -0.15) is 0 Å². The van der Waals surface area contributed by atoms with Crippen molar-refractivity contribution >= 4 is 17.9 Å². The Balaban J connectivity index is 2.14. The van der Waals surface area contributed by atoms with Crippen LogP contribution < -0.4 is 0 Å². The summed E-state index contributed by atoms with van der Waals surface area (Å²) >= 11 is 0. The van der Waals surface area contributed by atoms with Gasteiger partial charge in [0.05, 0.1) is 5.41 Å². The number of hydrogen-bond donors (Lipinski definition) is 2. The van der Waals surface area contributed by atoms with E-state index in [9.17, 15) is 24.6 Å². The SMILES string of the molecule is CC(C)(C)OC(=O)C12CC3CC(CC(C3)C1(C(=O)O)C(=O)O)C2. The number of carboxylic acids is 2. The summed E-state index contributed by atoms with van der Waals surface area (Å²) in [6.07, 6.45) is 2.76. The molecule has 6 nitrogen and oxygen atoms in total. The molecule has 4 aliphatic rings. The highest BCUT2D eigenvalue weighted by Gasteiger charge is 2.76. The van der Waals surface area contributed by atoms with Gasteiger partial charge in [0.25, 0.3) is 0 Å². The van der Waals surface area contributed by atoms with Crippen molar-refractivity contribution in [3.63, 3.8) is 0 Å². The average molecular weight is 324 g/mol. The highest BCUT2D eigenvalue weighted by Crippen LogP contribution is 2.69. The van der Waals surface area contributed by atoms with Gasteiger partial charge in [0.1, 0.15) is 5.60 Å². The second-order valence-electron chi connectivity index (χ2n) is 8.55. The quantitative estimate of drug-likeness (QED) is 0.610. The second-order valence-corrected chi connectivity index (χ2v) is 8.55. The number of rotatable bonds is 3. The number of esters is 1. The van der Waals surface area contributed by atoms with E-state index < -0.39 is 40.3 Å². The normalized spacial score (nSPS) is 37.4. The van der Waals surface area contributed by atoms with E-state index in [0.29, 0.717) is 25.7 Å². The molecule has 6 heteroatoms. The minimum absolute atomic E-state index is 0.229. The lowest BCUT2D eigenvalue weighted by molar-refractivity contribution is -0.230. The summed E-state index contributed by atoms with van der Waals surface area (Å²) in [4.78, 5) is 37.3. The lowest BCUT2D eigenvalue weighted by atomic mass is 9.38. The predicted molar refractivity (Wildman–Crippen MR) is 79.5 cm³/mol. The minimum atomic E-state index is -2.05. The van der Waals surface area contributed by atoms with Gasteiger partial charge in [0.15, 0.2) is 5.41 Å². The third-order valence-corrected chi connectivity index (χ3v) is 6.01. The monoisotopic (exact) mass is 324 g/mol. The summed E-state index contributed by atoms with van der Waals surface area (Å²) in [6, 6.07) is 0. The van der Waals surface area contributed by atoms with Gasteiger partial charge in [-0.3, -0.25) is 14.4 Å². The van der Waals surface area contributed by atoms with E-state index in [2.05, 4.69) is 0 Å². The van der Waals surface area contributed by atoms with E-state index in [1.54, 1.807) is 20.8 Å². The van der Waals surface area contributed by atoms with E-state index in [1.807, 2.05) is 0 Å². The first kappa shape index (κ1) is 16.3. The molecular weight excluding hydrogens is 300 g/mol. The molecule has 0 aromatic heterocycles. The van der Waals surface area contributed by atoms with E-state index in [4.69, 9.17) is 4.74 Å². The molecule has 2 N–H and O–H groups in total. The van der Waals surface area contributed by atoms with Crippen LogP contribution in [0.4, 0.5) is 0 Å². The van der Waals surface area contributed by atoms with Crippen LogP contribution in [0.3, 0.4) is 0 Å². The van der Waals surface area contributed by atoms with Gasteiger partial charge in [0, 0.05) is 0 Å². The topological polar surface area (TPSA) is 101 Å². The number of carbonyl (C=O) groups excluding carboxylic acids is 1. The van der Waals surface area contributed by atoms with Crippen LogP contribution in [0.15, 0.2) is 0 Å². The van der Waals surface area contributed by atoms with Crippen molar-refractivity contribution in [2.45, 2.75) is 58.5 Å². The van der Waals surface area contributed by atoms with Gasteiger partial charge < -0.3 is 14.9 Å². The number of carbonyl (C=O) groups is 3. The average Bonchev–Trinajstić information content (AvgIpc) is 2.34. The molecule has 4 rings (SSSR count). The molecule has 4 fully saturated rings. The third kappa shape index (κ3) is 2.03. The maximum atomic E-state index is 13.0. The van der Waals surface area contributed by atoms with Crippen molar-refractivity contribution in [3.8, 4) is 0 Å². The Morgan fingerprint density at radius 1 is 0.957 bits per heavy atom. The molecule has 4 saturated carbocycles. The first-order valence-corrected chi connectivity index (χ1v) is 8.23. The molecule has 0 heterocycles. The van der Waals surface area contributed by atoms with Crippen LogP contribution in [-0.2, 0) is 19.1 Å². The Morgan fingerprint density at radius 2 is 1.43 bits per heavy atom. The molecule has 0 amide bonds. The standard InChI is InChI=1S/C17H24O6/c1-15(2,3)23-14(22)16-7-9-4-10(8-16)6-11(5-9)17(16,12(18)19)13(20)21/h9-11H,4-8H2,1-3H3,(H,18,19)(H,20,21). The van der Waals surface area contributed by atoms with Crippen LogP contribution in [0.5, 0.6) is 0 Å². The molecule has 2 unspecified atom stereocenters. The number of carboxylic acid groups (broad SMARTS) is 2. The van der Waals surface area contributed by atoms with Crippen molar-refractivity contribution in [3.05, 3.63) is 0 Å². The fourth-order valence-electron chi connectivity index (χ4n) is 5.59. The zero-order chi connectivity index (χ0) is 17.2. The van der Waals surface area contributed by atoms with Crippen LogP contribution in [0.25, 0.3) is 0 Å². The first-order valence-electron chi connectivity index (χ1n) is 8.23. The Morgan fingerprint density at radius 3 is 1.83 bits per heavy atom. The predicted octanol–water partition coefficient (Wildman–Crippen LogP) is 2.31. The number of aliphatic carboxylic acids is 2. The fraction of sp³-hybridized carbons (Fsp3) is 0.824. The van der Waals surface area contributed by atoms with Crippen LogP contribution in [0.1, 0.15) is 52.9 Å². The summed E-state index contributed by atoms with van der Waals surface area (Å²) in [5.74, 6) is -3.46. The van der Waals surface area contributed by atoms with Gasteiger partial charge >= 0.3 is 17.9 Å². The van der Waals surface area contributed by atoms with Crippen LogP contribution in [-0.4, -0.2) is 33.7 Å². The molecule has 4 aliphatic carbocycles. The Labute approximate surface area is 135 Å². The van der Waals surface area contributed by atoms with Crippen molar-refractivity contribution in [2.75, 3.05) is 0 Å². The molecule has 0 radical (unpaired) electrons. The van der Waals surface area contributed by atoms with Gasteiger partial charge in [-0.1, -0.05) is 0 Å². The number of ether oxygens (including phenoxy) is 1. The maximum absolute atomic E-state index is 13.0. The Kier molecular flexibility index (Phi) is 3.33. The second kappa shape index (κ2) is 4.71. The molecule has 0 saturated heterocycles. The van der Waals surface area contributed by atoms with Gasteiger partial charge in [0.2, 0.25) is 0 Å². The van der Waals surface area contributed by atoms with Gasteiger partial charge in [-0.05, 0) is 70.6 Å². The summed E-state index contributed by atoms with van der Waals surface area (Å²) in [7, 11) is 0. The molecule has 2 atom stereocenters. The molecule has 0 aliphatic heterocycles. The molecule has 4 bridgehead atoms. The van der Waals surface area contributed by atoms with Crippen LogP contribution in [0.2, 0.25) is 0 Å². The zero-order valence-electron chi connectivity index (χ0n) is 13.8. The fourth-order valence-corrected chi connectivity index (χ4v) is 5.59. The molecule has 0 aromatic rings. The van der Waals surface area contributed by atoms with E-state index in [1.165, 1.54) is 0 Å². The first-order chi connectivity index (χ1) is 10.5. The van der Waals surface area contributed by atoms with Crippen molar-refractivity contribution in [1.29, 1.82) is 0 Å². The summed E-state index contributed by atoms with van der Waals surface area (Å²) in [6.45, 7) is 5.15. The van der Waals surface area contributed by atoms with E-state index in [0.717, 1.165) is 6.42 Å². The van der Waals surface area contributed by atoms with Gasteiger partial charge in [-0.15, -0.1) is 0 Å². The number of hydrogen-bond acceptors (Lipinski definition) is 4. The highest BCUT2D eigenvalue weighted by molar-refractivity contribution is 6.05. The smallest absolute Gasteiger partial charge is 0.322 e. The lowest BCUT2D eigenvalue weighted by Gasteiger charge is -2.62. The molecule has 23 heavy (non-hydrogen) atoms. The third-order valence-electron chi connectivity index (χ3n) is 6.01. The van der Waals surface area contributed by atoms with Crippen LogP contribution >= 0.6 is 0 Å². The van der Waals surface area contributed by atoms with E-state index >= 15 is 0 Å². The molecule has 0 aromatic carbocycles. The Bertz CT molecular complexity index is 544.